The Morgan fingerprint density at radius 3 is 2.88 bits per heavy atom. The maximum absolute atomic E-state index is 11.8. The van der Waals surface area contributed by atoms with E-state index in [1.165, 1.54) is 4.90 Å². The monoisotopic (exact) mass is 226 g/mol. The summed E-state index contributed by atoms with van der Waals surface area (Å²) in [4.78, 5) is 28.7. The van der Waals surface area contributed by atoms with Crippen molar-refractivity contribution in [3.05, 3.63) is 12.7 Å². The summed E-state index contributed by atoms with van der Waals surface area (Å²) in [6.07, 6.45) is 0.808. The molecule has 1 N–H and O–H groups in total. The fourth-order valence-corrected chi connectivity index (χ4v) is 1.37. The highest BCUT2D eigenvalue weighted by atomic mass is 16.6. The molecular formula is C10H14N2O4. The van der Waals surface area contributed by atoms with Crippen molar-refractivity contribution in [2.45, 2.75) is 19.4 Å². The van der Waals surface area contributed by atoms with Crippen LogP contribution in [-0.2, 0) is 14.4 Å². The Hall–Kier alpha value is -1.85. The Balaban J connectivity index is 2.58. The van der Waals surface area contributed by atoms with E-state index in [0.29, 0.717) is 13.1 Å². The van der Waals surface area contributed by atoms with Crippen molar-refractivity contribution in [3.63, 3.8) is 0 Å². The third-order valence-corrected chi connectivity index (χ3v) is 2.23. The zero-order chi connectivity index (χ0) is 12.1. The fourth-order valence-electron chi connectivity index (χ4n) is 1.37. The molecule has 0 fully saturated rings. The van der Waals surface area contributed by atoms with Gasteiger partial charge >= 0.3 is 5.97 Å². The molecule has 1 aliphatic heterocycles. The number of carboxylic acid groups (broad SMARTS) is 1. The van der Waals surface area contributed by atoms with E-state index < -0.39 is 12.1 Å². The summed E-state index contributed by atoms with van der Waals surface area (Å²) in [6, 6.07) is 0. The van der Waals surface area contributed by atoms with Crippen LogP contribution in [0.1, 0.15) is 13.3 Å². The summed E-state index contributed by atoms with van der Waals surface area (Å²) in [5, 5.41) is 12.0. The van der Waals surface area contributed by atoms with Crippen LogP contribution >= 0.6 is 0 Å². The van der Waals surface area contributed by atoms with Crippen molar-refractivity contribution >= 4 is 17.6 Å². The molecular weight excluding hydrogens is 212 g/mol. The molecule has 0 radical (unpaired) electrons. The minimum Gasteiger partial charge on any atom is -0.477 e. The van der Waals surface area contributed by atoms with Crippen molar-refractivity contribution in [1.29, 1.82) is 0 Å². The molecule has 1 rings (SSSR count). The number of rotatable bonds is 5. The number of carbonyl (C=O) groups excluding carboxylic acids is 1. The van der Waals surface area contributed by atoms with E-state index in [2.05, 4.69) is 11.7 Å². The summed E-state index contributed by atoms with van der Waals surface area (Å²) in [5.74, 6) is -1.41. The summed E-state index contributed by atoms with van der Waals surface area (Å²) < 4.78 is 0. The number of likely N-dealkylation sites (N-methyl/N-ethyl adjacent to an activating group) is 1. The number of carbonyl (C=O) groups is 2. The van der Waals surface area contributed by atoms with Gasteiger partial charge in [-0.1, -0.05) is 11.2 Å². The first-order valence-corrected chi connectivity index (χ1v) is 4.95. The van der Waals surface area contributed by atoms with Crippen LogP contribution in [-0.4, -0.2) is 46.8 Å². The van der Waals surface area contributed by atoms with Gasteiger partial charge in [0.1, 0.15) is 0 Å². The van der Waals surface area contributed by atoms with Crippen LogP contribution in [0.25, 0.3) is 0 Å². The third kappa shape index (κ3) is 2.59. The summed E-state index contributed by atoms with van der Waals surface area (Å²) >= 11 is 0. The Morgan fingerprint density at radius 2 is 2.44 bits per heavy atom. The molecule has 6 nitrogen and oxygen atoms in total. The minimum absolute atomic E-state index is 0.0157. The van der Waals surface area contributed by atoms with Crippen LogP contribution in [0.15, 0.2) is 17.8 Å². The molecule has 0 aromatic heterocycles. The van der Waals surface area contributed by atoms with Crippen LogP contribution in [0.5, 0.6) is 0 Å². The van der Waals surface area contributed by atoms with E-state index in [-0.39, 0.29) is 18.0 Å². The SMILES string of the molecule is C=CCN(CC)C(=O)C1CC(C(=O)O)=NO1. The molecule has 0 aliphatic carbocycles. The maximum Gasteiger partial charge on any atom is 0.353 e. The van der Waals surface area contributed by atoms with Gasteiger partial charge in [0.15, 0.2) is 5.71 Å². The zero-order valence-electron chi connectivity index (χ0n) is 9.05. The van der Waals surface area contributed by atoms with Crippen molar-refractivity contribution in [3.8, 4) is 0 Å². The van der Waals surface area contributed by atoms with E-state index in [9.17, 15) is 9.59 Å². The molecule has 16 heavy (non-hydrogen) atoms. The number of oxime groups is 1. The molecule has 1 amide bonds. The van der Waals surface area contributed by atoms with Crippen molar-refractivity contribution in [2.75, 3.05) is 13.1 Å². The molecule has 0 aromatic carbocycles. The van der Waals surface area contributed by atoms with E-state index >= 15 is 0 Å². The number of hydrogen-bond acceptors (Lipinski definition) is 4. The zero-order valence-corrected chi connectivity index (χ0v) is 9.05. The van der Waals surface area contributed by atoms with Crippen LogP contribution < -0.4 is 0 Å². The van der Waals surface area contributed by atoms with Crippen molar-refractivity contribution in [2.24, 2.45) is 5.16 Å². The lowest BCUT2D eigenvalue weighted by Gasteiger charge is -2.21. The molecule has 0 spiro atoms. The Kier molecular flexibility index (Phi) is 4.04. The Labute approximate surface area is 93.2 Å². The van der Waals surface area contributed by atoms with Gasteiger partial charge in [-0.25, -0.2) is 4.79 Å². The molecule has 1 unspecified atom stereocenters. The topological polar surface area (TPSA) is 79.2 Å². The highest BCUT2D eigenvalue weighted by Crippen LogP contribution is 2.13. The summed E-state index contributed by atoms with van der Waals surface area (Å²) in [6.45, 7) is 6.31. The van der Waals surface area contributed by atoms with Gasteiger partial charge in [-0.15, -0.1) is 6.58 Å². The molecule has 6 heteroatoms. The van der Waals surface area contributed by atoms with Gasteiger partial charge < -0.3 is 14.8 Å². The molecule has 0 bridgehead atoms. The maximum atomic E-state index is 11.8. The van der Waals surface area contributed by atoms with Crippen LogP contribution in [0, 0.1) is 0 Å². The van der Waals surface area contributed by atoms with Gasteiger partial charge in [0.05, 0.1) is 0 Å². The van der Waals surface area contributed by atoms with Gasteiger partial charge in [0, 0.05) is 19.5 Å². The summed E-state index contributed by atoms with van der Waals surface area (Å²) in [7, 11) is 0. The van der Waals surface area contributed by atoms with E-state index in [1.54, 1.807) is 6.08 Å². The standard InChI is InChI=1S/C10H14N2O4/c1-3-5-12(4-2)9(13)8-6-7(10(14)15)11-16-8/h3,8H,1,4-6H2,2H3,(H,14,15). The van der Waals surface area contributed by atoms with Crippen LogP contribution in [0.4, 0.5) is 0 Å². The fraction of sp³-hybridized carbons (Fsp3) is 0.500. The highest BCUT2D eigenvalue weighted by Gasteiger charge is 2.33. The van der Waals surface area contributed by atoms with Crippen LogP contribution in [0.2, 0.25) is 0 Å². The number of carboxylic acids is 1. The largest absolute Gasteiger partial charge is 0.477 e. The summed E-state index contributed by atoms with van der Waals surface area (Å²) in [5.41, 5.74) is -0.118. The van der Waals surface area contributed by atoms with Gasteiger partial charge in [-0.3, -0.25) is 4.79 Å². The first-order chi connectivity index (χ1) is 7.60. The Bertz CT molecular complexity index is 338. The number of aliphatic carboxylic acids is 1. The van der Waals surface area contributed by atoms with E-state index in [4.69, 9.17) is 9.94 Å². The number of nitrogens with zero attached hydrogens (tertiary/aromatic N) is 2. The predicted molar refractivity (Wildman–Crippen MR) is 57.0 cm³/mol. The molecule has 1 aliphatic rings. The highest BCUT2D eigenvalue weighted by molar-refractivity contribution is 6.36. The molecule has 1 atom stereocenters. The second-order valence-electron chi connectivity index (χ2n) is 3.31. The third-order valence-electron chi connectivity index (χ3n) is 2.23. The average Bonchev–Trinajstić information content (AvgIpc) is 2.74. The van der Waals surface area contributed by atoms with Gasteiger partial charge in [-0.05, 0) is 6.92 Å². The lowest BCUT2D eigenvalue weighted by Crippen LogP contribution is -2.39. The van der Waals surface area contributed by atoms with Crippen molar-refractivity contribution in [1.82, 2.24) is 4.90 Å². The number of hydrogen-bond donors (Lipinski definition) is 1. The minimum atomic E-state index is -1.15. The lowest BCUT2D eigenvalue weighted by molar-refractivity contribution is -0.141. The first-order valence-electron chi connectivity index (χ1n) is 4.95. The normalized spacial score (nSPS) is 18.6. The molecule has 0 saturated heterocycles. The molecule has 1 heterocycles. The first kappa shape index (κ1) is 12.2. The second kappa shape index (κ2) is 5.29. The average molecular weight is 226 g/mol. The molecule has 88 valence electrons. The Morgan fingerprint density at radius 1 is 1.75 bits per heavy atom. The van der Waals surface area contributed by atoms with Crippen molar-refractivity contribution < 1.29 is 19.5 Å². The van der Waals surface area contributed by atoms with E-state index in [1.807, 2.05) is 6.92 Å². The molecule has 0 aromatic rings. The quantitative estimate of drug-likeness (QED) is 0.681. The van der Waals surface area contributed by atoms with E-state index in [0.717, 1.165) is 0 Å². The lowest BCUT2D eigenvalue weighted by atomic mass is 10.1. The van der Waals surface area contributed by atoms with Crippen LogP contribution in [0.3, 0.4) is 0 Å². The molecule has 0 saturated carbocycles. The number of amides is 1. The second-order valence-corrected chi connectivity index (χ2v) is 3.31. The van der Waals surface area contributed by atoms with Gasteiger partial charge in [0.25, 0.3) is 5.91 Å². The van der Waals surface area contributed by atoms with Gasteiger partial charge in [0.2, 0.25) is 6.10 Å². The predicted octanol–water partition coefficient (Wildman–Crippen LogP) is 0.250. The smallest absolute Gasteiger partial charge is 0.353 e. The van der Waals surface area contributed by atoms with Gasteiger partial charge in [-0.2, -0.15) is 0 Å².